The first kappa shape index (κ1) is 24.3. The SMILES string of the molecule is COc1ccc(C(=O)NCC(=O)OCC(=O)NC(C)c2ccc(Cl)cc2Cl)cc1OC. The van der Waals surface area contributed by atoms with Crippen LogP contribution in [-0.2, 0) is 14.3 Å². The van der Waals surface area contributed by atoms with Crippen LogP contribution in [0.25, 0.3) is 0 Å². The largest absolute Gasteiger partial charge is 0.493 e. The third kappa shape index (κ3) is 7.04. The molecular formula is C21H22Cl2N2O6. The highest BCUT2D eigenvalue weighted by Gasteiger charge is 2.16. The van der Waals surface area contributed by atoms with Gasteiger partial charge in [-0.1, -0.05) is 29.3 Å². The van der Waals surface area contributed by atoms with E-state index in [0.29, 0.717) is 27.1 Å². The maximum absolute atomic E-state index is 12.2. The number of rotatable bonds is 9. The Bertz CT molecular complexity index is 967. The molecule has 0 spiro atoms. The lowest BCUT2D eigenvalue weighted by atomic mass is 10.1. The molecule has 2 aromatic rings. The van der Waals surface area contributed by atoms with Gasteiger partial charge in [0.1, 0.15) is 6.54 Å². The molecule has 1 atom stereocenters. The van der Waals surface area contributed by atoms with E-state index in [-0.39, 0.29) is 5.56 Å². The molecule has 0 aromatic heterocycles. The van der Waals surface area contributed by atoms with Gasteiger partial charge in [0.05, 0.1) is 20.3 Å². The quantitative estimate of drug-likeness (QED) is 0.547. The molecule has 0 aliphatic heterocycles. The number of benzene rings is 2. The zero-order chi connectivity index (χ0) is 23.0. The number of methoxy groups -OCH3 is 2. The maximum Gasteiger partial charge on any atom is 0.325 e. The zero-order valence-corrected chi connectivity index (χ0v) is 18.7. The van der Waals surface area contributed by atoms with Crippen LogP contribution in [0, 0.1) is 0 Å². The van der Waals surface area contributed by atoms with Crippen molar-refractivity contribution in [1.82, 2.24) is 10.6 Å². The molecule has 0 saturated heterocycles. The fraction of sp³-hybridized carbons (Fsp3) is 0.286. The number of amides is 2. The van der Waals surface area contributed by atoms with Crippen LogP contribution in [0.1, 0.15) is 28.9 Å². The summed E-state index contributed by atoms with van der Waals surface area (Å²) >= 11 is 12.0. The average Bonchev–Trinajstić information content (AvgIpc) is 2.75. The van der Waals surface area contributed by atoms with Crippen molar-refractivity contribution in [1.29, 1.82) is 0 Å². The van der Waals surface area contributed by atoms with Crippen molar-refractivity contribution in [3.63, 3.8) is 0 Å². The van der Waals surface area contributed by atoms with Crippen LogP contribution >= 0.6 is 23.2 Å². The Morgan fingerprint density at radius 1 is 1.00 bits per heavy atom. The summed E-state index contributed by atoms with van der Waals surface area (Å²) in [6.07, 6.45) is 0. The van der Waals surface area contributed by atoms with Crippen LogP contribution < -0.4 is 20.1 Å². The molecule has 1 unspecified atom stereocenters. The molecule has 0 heterocycles. The van der Waals surface area contributed by atoms with E-state index < -0.39 is 37.0 Å². The minimum Gasteiger partial charge on any atom is -0.493 e. The molecule has 0 saturated carbocycles. The van der Waals surface area contributed by atoms with Crippen molar-refractivity contribution >= 4 is 41.0 Å². The third-order valence-electron chi connectivity index (χ3n) is 4.21. The molecule has 0 bridgehead atoms. The summed E-state index contributed by atoms with van der Waals surface area (Å²) in [5.74, 6) is -0.935. The second-order valence-corrected chi connectivity index (χ2v) is 7.21. The van der Waals surface area contributed by atoms with Crippen molar-refractivity contribution in [2.24, 2.45) is 0 Å². The van der Waals surface area contributed by atoms with E-state index in [0.717, 1.165) is 0 Å². The highest BCUT2D eigenvalue weighted by Crippen LogP contribution is 2.27. The number of nitrogens with one attached hydrogen (secondary N) is 2. The molecule has 0 aliphatic carbocycles. The Morgan fingerprint density at radius 3 is 2.35 bits per heavy atom. The summed E-state index contributed by atoms with van der Waals surface area (Å²) in [7, 11) is 2.93. The number of ether oxygens (including phenoxy) is 3. The van der Waals surface area contributed by atoms with Gasteiger partial charge in [-0.25, -0.2) is 0 Å². The standard InChI is InChI=1S/C21H22Cl2N2O6/c1-12(15-6-5-14(22)9-16(15)23)25-19(26)11-31-20(27)10-24-21(28)13-4-7-17(29-2)18(8-13)30-3/h4-9,12H,10-11H2,1-3H3,(H,24,28)(H,25,26). The van der Waals surface area contributed by atoms with Crippen LogP contribution in [0.15, 0.2) is 36.4 Å². The first-order chi connectivity index (χ1) is 14.7. The van der Waals surface area contributed by atoms with Crippen LogP contribution in [0.3, 0.4) is 0 Å². The molecule has 10 heteroatoms. The number of esters is 1. The summed E-state index contributed by atoms with van der Waals surface area (Å²) in [4.78, 5) is 36.1. The number of carbonyl (C=O) groups excluding carboxylic acids is 3. The van der Waals surface area contributed by atoms with Crippen molar-refractivity contribution in [2.45, 2.75) is 13.0 Å². The number of hydrogen-bond donors (Lipinski definition) is 2. The lowest BCUT2D eigenvalue weighted by molar-refractivity contribution is -0.147. The van der Waals surface area contributed by atoms with Gasteiger partial charge in [-0.15, -0.1) is 0 Å². The first-order valence-electron chi connectivity index (χ1n) is 9.15. The van der Waals surface area contributed by atoms with Crippen molar-refractivity contribution in [2.75, 3.05) is 27.4 Å². The van der Waals surface area contributed by atoms with Gasteiger partial charge in [-0.3, -0.25) is 14.4 Å². The van der Waals surface area contributed by atoms with E-state index in [1.807, 2.05) is 0 Å². The second-order valence-electron chi connectivity index (χ2n) is 6.37. The minimum absolute atomic E-state index is 0.275. The average molecular weight is 469 g/mol. The zero-order valence-electron chi connectivity index (χ0n) is 17.2. The molecule has 0 radical (unpaired) electrons. The molecule has 2 rings (SSSR count). The van der Waals surface area contributed by atoms with Crippen molar-refractivity contribution < 1.29 is 28.6 Å². The molecule has 2 aromatic carbocycles. The van der Waals surface area contributed by atoms with Crippen LogP contribution in [-0.4, -0.2) is 45.2 Å². The Hall–Kier alpha value is -2.97. The number of hydrogen-bond acceptors (Lipinski definition) is 6. The number of halogens is 2. The second kappa shape index (κ2) is 11.4. The Morgan fingerprint density at radius 2 is 1.71 bits per heavy atom. The highest BCUT2D eigenvalue weighted by molar-refractivity contribution is 6.35. The van der Waals surface area contributed by atoms with E-state index in [9.17, 15) is 14.4 Å². The van der Waals surface area contributed by atoms with Gasteiger partial charge in [-0.2, -0.15) is 0 Å². The van der Waals surface area contributed by atoms with Gasteiger partial charge < -0.3 is 24.8 Å². The molecule has 2 amide bonds. The molecule has 2 N–H and O–H groups in total. The third-order valence-corrected chi connectivity index (χ3v) is 4.77. The minimum atomic E-state index is -0.763. The Kier molecular flexibility index (Phi) is 8.96. The molecule has 0 fully saturated rings. The van der Waals surface area contributed by atoms with Gasteiger partial charge in [0.15, 0.2) is 18.1 Å². The summed E-state index contributed by atoms with van der Waals surface area (Å²) in [5.41, 5.74) is 0.949. The molecule has 0 aliphatic rings. The number of carbonyl (C=O) groups is 3. The summed E-state index contributed by atoms with van der Waals surface area (Å²) in [6, 6.07) is 9.10. The molecular weight excluding hydrogens is 447 g/mol. The van der Waals surface area contributed by atoms with Gasteiger partial charge in [-0.05, 0) is 42.8 Å². The first-order valence-corrected chi connectivity index (χ1v) is 9.91. The normalized spacial score (nSPS) is 11.3. The fourth-order valence-electron chi connectivity index (χ4n) is 2.64. The van der Waals surface area contributed by atoms with E-state index >= 15 is 0 Å². The predicted molar refractivity (Wildman–Crippen MR) is 116 cm³/mol. The van der Waals surface area contributed by atoms with Crippen LogP contribution in [0.5, 0.6) is 11.5 Å². The lowest BCUT2D eigenvalue weighted by Gasteiger charge is -2.16. The van der Waals surface area contributed by atoms with E-state index in [2.05, 4.69) is 10.6 Å². The summed E-state index contributed by atoms with van der Waals surface area (Å²) in [6.45, 7) is 0.831. The van der Waals surface area contributed by atoms with E-state index in [1.54, 1.807) is 31.2 Å². The molecule has 8 nitrogen and oxygen atoms in total. The molecule has 31 heavy (non-hydrogen) atoms. The summed E-state index contributed by atoms with van der Waals surface area (Å²) < 4.78 is 15.1. The van der Waals surface area contributed by atoms with Crippen molar-refractivity contribution in [3.05, 3.63) is 57.6 Å². The topological polar surface area (TPSA) is 103 Å². The van der Waals surface area contributed by atoms with Gasteiger partial charge >= 0.3 is 5.97 Å². The summed E-state index contributed by atoms with van der Waals surface area (Å²) in [5, 5.41) is 5.98. The molecule has 166 valence electrons. The maximum atomic E-state index is 12.2. The highest BCUT2D eigenvalue weighted by atomic mass is 35.5. The predicted octanol–water partition coefficient (Wildman–Crippen LogP) is 3.16. The van der Waals surface area contributed by atoms with E-state index in [4.69, 9.17) is 37.4 Å². The monoisotopic (exact) mass is 468 g/mol. The van der Waals surface area contributed by atoms with Gasteiger partial charge in [0, 0.05) is 15.6 Å². The van der Waals surface area contributed by atoms with Crippen LogP contribution in [0.2, 0.25) is 10.0 Å². The van der Waals surface area contributed by atoms with Gasteiger partial charge in [0.25, 0.3) is 11.8 Å². The smallest absolute Gasteiger partial charge is 0.325 e. The van der Waals surface area contributed by atoms with Crippen LogP contribution in [0.4, 0.5) is 0 Å². The Labute approximate surface area is 189 Å². The lowest BCUT2D eigenvalue weighted by Crippen LogP contribution is -2.34. The van der Waals surface area contributed by atoms with Gasteiger partial charge in [0.2, 0.25) is 0 Å². The fourth-order valence-corrected chi connectivity index (χ4v) is 3.21. The van der Waals surface area contributed by atoms with E-state index in [1.165, 1.54) is 26.4 Å². The van der Waals surface area contributed by atoms with Crippen molar-refractivity contribution in [3.8, 4) is 11.5 Å². The Balaban J connectivity index is 1.79.